The number of halogens is 1. The molecule has 0 bridgehead atoms. The minimum Gasteiger partial charge on any atom is -0.355 e. The van der Waals surface area contributed by atoms with Gasteiger partial charge in [-0.3, -0.25) is 9.79 Å². The minimum absolute atomic E-state index is 0.224. The molecule has 0 aromatic heterocycles. The predicted octanol–water partition coefficient (Wildman–Crippen LogP) is 3.10. The van der Waals surface area contributed by atoms with Crippen molar-refractivity contribution in [3.63, 3.8) is 0 Å². The van der Waals surface area contributed by atoms with Crippen LogP contribution in [0.2, 0.25) is 0 Å². The molecule has 6 heteroatoms. The number of aliphatic imine (C=N–C) groups is 1. The summed E-state index contributed by atoms with van der Waals surface area (Å²) in [6, 6.07) is 8.19. The number of rotatable bonds is 5. The van der Waals surface area contributed by atoms with Crippen molar-refractivity contribution in [2.24, 2.45) is 10.4 Å². The molecule has 25 heavy (non-hydrogen) atoms. The minimum atomic E-state index is -0.298. The third-order valence-corrected chi connectivity index (χ3v) is 5.72. The van der Waals surface area contributed by atoms with E-state index in [-0.39, 0.29) is 11.3 Å². The molecule has 1 aliphatic carbocycles. The summed E-state index contributed by atoms with van der Waals surface area (Å²) >= 11 is 3.60. The van der Waals surface area contributed by atoms with E-state index in [2.05, 4.69) is 37.2 Å². The zero-order valence-electron chi connectivity index (χ0n) is 15.7. The third-order valence-electron chi connectivity index (χ3n) is 4.94. The van der Waals surface area contributed by atoms with Crippen molar-refractivity contribution in [3.8, 4) is 0 Å². The maximum atomic E-state index is 12.7. The zero-order chi connectivity index (χ0) is 18.4. The summed E-state index contributed by atoms with van der Waals surface area (Å²) in [5.41, 5.74) is 0.904. The number of amides is 1. The highest BCUT2D eigenvalue weighted by molar-refractivity contribution is 9.10. The van der Waals surface area contributed by atoms with Crippen LogP contribution >= 0.6 is 15.9 Å². The van der Waals surface area contributed by atoms with Crippen LogP contribution in [-0.4, -0.2) is 56.4 Å². The van der Waals surface area contributed by atoms with E-state index in [9.17, 15) is 4.79 Å². The number of benzene rings is 1. The molecule has 1 aliphatic rings. The quantitative estimate of drug-likeness (QED) is 0.601. The average molecular weight is 409 g/mol. The van der Waals surface area contributed by atoms with Crippen LogP contribution in [-0.2, 0) is 11.3 Å². The zero-order valence-corrected chi connectivity index (χ0v) is 17.3. The summed E-state index contributed by atoms with van der Waals surface area (Å²) in [6.45, 7) is 1.38. The van der Waals surface area contributed by atoms with Gasteiger partial charge in [0.1, 0.15) is 0 Å². The lowest BCUT2D eigenvalue weighted by atomic mass is 9.84. The number of carbonyl (C=O) groups is 1. The summed E-state index contributed by atoms with van der Waals surface area (Å²) in [6.07, 6.45) is 4.13. The van der Waals surface area contributed by atoms with Gasteiger partial charge in [-0.2, -0.15) is 0 Å². The van der Waals surface area contributed by atoms with Crippen molar-refractivity contribution in [2.45, 2.75) is 32.2 Å². The Bertz CT molecular complexity index is 624. The van der Waals surface area contributed by atoms with Gasteiger partial charge in [0.2, 0.25) is 5.91 Å². The van der Waals surface area contributed by atoms with E-state index in [1.165, 1.54) is 5.56 Å². The van der Waals surface area contributed by atoms with Gasteiger partial charge in [0, 0.05) is 45.8 Å². The fourth-order valence-corrected chi connectivity index (χ4v) is 3.99. The van der Waals surface area contributed by atoms with E-state index in [4.69, 9.17) is 0 Å². The predicted molar refractivity (Wildman–Crippen MR) is 107 cm³/mol. The van der Waals surface area contributed by atoms with Crippen LogP contribution in [0.3, 0.4) is 0 Å². The van der Waals surface area contributed by atoms with Gasteiger partial charge in [-0.15, -0.1) is 0 Å². The van der Waals surface area contributed by atoms with Crippen LogP contribution < -0.4 is 5.32 Å². The second kappa shape index (κ2) is 8.70. The van der Waals surface area contributed by atoms with Gasteiger partial charge in [0.05, 0.1) is 5.41 Å². The number of hydrogen-bond acceptors (Lipinski definition) is 2. The second-order valence-corrected chi connectivity index (χ2v) is 7.89. The highest BCUT2D eigenvalue weighted by atomic mass is 79.9. The largest absolute Gasteiger partial charge is 0.355 e. The molecule has 1 aromatic carbocycles. The van der Waals surface area contributed by atoms with E-state index >= 15 is 0 Å². The molecule has 1 aromatic rings. The van der Waals surface area contributed by atoms with Gasteiger partial charge in [0.15, 0.2) is 5.96 Å². The lowest BCUT2D eigenvalue weighted by Gasteiger charge is -2.32. The highest BCUT2D eigenvalue weighted by Gasteiger charge is 2.42. The maximum absolute atomic E-state index is 12.7. The monoisotopic (exact) mass is 408 g/mol. The standard InChI is InChI=1S/C19H29BrN4O/c1-21-18(24(4)13-15-9-5-6-10-16(15)20)22-14-19(11-7-8-12-19)17(25)23(2)3/h5-6,9-10H,7-8,11-14H2,1-4H3,(H,21,22). The fourth-order valence-electron chi connectivity index (χ4n) is 3.58. The molecular weight excluding hydrogens is 380 g/mol. The summed E-state index contributed by atoms with van der Waals surface area (Å²) in [7, 11) is 7.49. The summed E-state index contributed by atoms with van der Waals surface area (Å²) in [5.74, 6) is 1.04. The molecule has 0 spiro atoms. The van der Waals surface area contributed by atoms with E-state index in [0.717, 1.165) is 42.7 Å². The van der Waals surface area contributed by atoms with Crippen molar-refractivity contribution in [1.29, 1.82) is 0 Å². The number of nitrogens with one attached hydrogen (secondary N) is 1. The van der Waals surface area contributed by atoms with Gasteiger partial charge < -0.3 is 15.1 Å². The molecule has 0 radical (unpaired) electrons. The Labute approximate surface area is 159 Å². The van der Waals surface area contributed by atoms with Crippen molar-refractivity contribution in [1.82, 2.24) is 15.1 Å². The van der Waals surface area contributed by atoms with Gasteiger partial charge in [-0.05, 0) is 24.5 Å². The smallest absolute Gasteiger partial charge is 0.230 e. The van der Waals surface area contributed by atoms with Gasteiger partial charge in [0.25, 0.3) is 0 Å². The molecular formula is C19H29BrN4O. The molecule has 1 N–H and O–H groups in total. The number of nitrogens with zero attached hydrogens (tertiary/aromatic N) is 3. The molecule has 1 amide bonds. The Morgan fingerprint density at radius 1 is 1.24 bits per heavy atom. The van der Waals surface area contributed by atoms with E-state index in [1.807, 2.05) is 39.3 Å². The average Bonchev–Trinajstić information content (AvgIpc) is 3.06. The molecule has 0 aliphatic heterocycles. The van der Waals surface area contributed by atoms with Crippen molar-refractivity contribution in [3.05, 3.63) is 34.3 Å². The molecule has 0 unspecified atom stereocenters. The first-order valence-corrected chi connectivity index (χ1v) is 9.56. The van der Waals surface area contributed by atoms with Crippen molar-refractivity contribution < 1.29 is 4.79 Å². The Morgan fingerprint density at radius 3 is 2.44 bits per heavy atom. The van der Waals surface area contributed by atoms with Crippen LogP contribution in [0.5, 0.6) is 0 Å². The van der Waals surface area contributed by atoms with Crippen LogP contribution in [0.1, 0.15) is 31.2 Å². The highest BCUT2D eigenvalue weighted by Crippen LogP contribution is 2.39. The van der Waals surface area contributed by atoms with E-state index < -0.39 is 0 Å². The Kier molecular flexibility index (Phi) is 6.87. The first-order valence-electron chi connectivity index (χ1n) is 8.76. The summed E-state index contributed by atoms with van der Waals surface area (Å²) < 4.78 is 1.09. The van der Waals surface area contributed by atoms with Crippen molar-refractivity contribution in [2.75, 3.05) is 34.7 Å². The normalized spacial score (nSPS) is 16.6. The molecule has 0 atom stereocenters. The molecule has 0 saturated heterocycles. The molecule has 1 saturated carbocycles. The Balaban J connectivity index is 2.03. The Morgan fingerprint density at radius 2 is 1.88 bits per heavy atom. The SMILES string of the molecule is CN=C(NCC1(C(=O)N(C)C)CCCC1)N(C)Cc1ccccc1Br. The molecule has 1 fully saturated rings. The fraction of sp³-hybridized carbons (Fsp3) is 0.579. The third kappa shape index (κ3) is 4.75. The maximum Gasteiger partial charge on any atom is 0.230 e. The Hall–Kier alpha value is -1.56. The number of hydrogen-bond donors (Lipinski definition) is 1. The van der Waals surface area contributed by atoms with Crippen LogP contribution in [0.15, 0.2) is 33.7 Å². The lowest BCUT2D eigenvalue weighted by molar-refractivity contribution is -0.138. The molecule has 138 valence electrons. The first kappa shape index (κ1) is 19.8. The van der Waals surface area contributed by atoms with E-state index in [0.29, 0.717) is 6.54 Å². The number of carbonyl (C=O) groups excluding carboxylic acids is 1. The topological polar surface area (TPSA) is 47.9 Å². The van der Waals surface area contributed by atoms with Crippen LogP contribution in [0.25, 0.3) is 0 Å². The van der Waals surface area contributed by atoms with Crippen LogP contribution in [0.4, 0.5) is 0 Å². The lowest BCUT2D eigenvalue weighted by Crippen LogP contribution is -2.49. The van der Waals surface area contributed by atoms with E-state index in [1.54, 1.807) is 11.9 Å². The van der Waals surface area contributed by atoms with Gasteiger partial charge >= 0.3 is 0 Å². The van der Waals surface area contributed by atoms with Gasteiger partial charge in [-0.25, -0.2) is 0 Å². The molecule has 2 rings (SSSR count). The van der Waals surface area contributed by atoms with Crippen molar-refractivity contribution >= 4 is 27.8 Å². The van der Waals surface area contributed by atoms with Crippen LogP contribution in [0, 0.1) is 5.41 Å². The molecule has 5 nitrogen and oxygen atoms in total. The number of guanidine groups is 1. The summed E-state index contributed by atoms with van der Waals surface area (Å²) in [4.78, 5) is 20.9. The molecule has 0 heterocycles. The second-order valence-electron chi connectivity index (χ2n) is 7.04. The first-order chi connectivity index (χ1) is 11.9. The van der Waals surface area contributed by atoms with Gasteiger partial charge in [-0.1, -0.05) is 47.0 Å². The summed E-state index contributed by atoms with van der Waals surface area (Å²) in [5, 5.41) is 3.44.